The molecule has 0 spiro atoms. The quantitative estimate of drug-likeness (QED) is 0.653. The maximum Gasteiger partial charge on any atom is 0.416 e. The van der Waals surface area contributed by atoms with Crippen molar-refractivity contribution in [3.05, 3.63) is 70.8 Å². The van der Waals surface area contributed by atoms with Crippen LogP contribution in [0, 0.1) is 0 Å². The molecule has 164 valence electrons. The van der Waals surface area contributed by atoms with Crippen molar-refractivity contribution in [3.63, 3.8) is 0 Å². The van der Waals surface area contributed by atoms with E-state index in [1.807, 2.05) is 0 Å². The zero-order valence-corrected chi connectivity index (χ0v) is 17.3. The summed E-state index contributed by atoms with van der Waals surface area (Å²) in [5.41, 5.74) is 0.838. The van der Waals surface area contributed by atoms with E-state index >= 15 is 0 Å². The molecular formula is C20H23F3N2O4S. The summed E-state index contributed by atoms with van der Waals surface area (Å²) in [6.07, 6.45) is -3.34. The molecule has 0 aromatic heterocycles. The van der Waals surface area contributed by atoms with Gasteiger partial charge >= 0.3 is 12.2 Å². The molecule has 0 aliphatic carbocycles. The number of urea groups is 1. The predicted octanol–water partition coefficient (Wildman–Crippen LogP) is 3.44. The smallest absolute Gasteiger partial charge is 0.382 e. The summed E-state index contributed by atoms with van der Waals surface area (Å²) in [4.78, 5) is 12.2. The van der Waals surface area contributed by atoms with Crippen molar-refractivity contribution in [2.75, 3.05) is 20.0 Å². The Kier molecular flexibility index (Phi) is 7.85. The van der Waals surface area contributed by atoms with Crippen molar-refractivity contribution in [2.24, 2.45) is 0 Å². The van der Waals surface area contributed by atoms with Gasteiger partial charge in [-0.1, -0.05) is 36.4 Å². The highest BCUT2D eigenvalue weighted by atomic mass is 32.2. The first-order valence-electron chi connectivity index (χ1n) is 8.94. The lowest BCUT2D eigenvalue weighted by Gasteiger charge is -2.20. The largest absolute Gasteiger partial charge is 0.416 e. The number of halogens is 3. The monoisotopic (exact) mass is 444 g/mol. The lowest BCUT2D eigenvalue weighted by Crippen LogP contribution is -2.39. The summed E-state index contributed by atoms with van der Waals surface area (Å²) in [5, 5.41) is 5.23. The predicted molar refractivity (Wildman–Crippen MR) is 106 cm³/mol. The van der Waals surface area contributed by atoms with E-state index in [1.165, 1.54) is 19.2 Å². The molecule has 1 unspecified atom stereocenters. The second-order valence-corrected chi connectivity index (χ2v) is 8.98. The average Bonchev–Trinajstić information content (AvgIpc) is 2.65. The van der Waals surface area contributed by atoms with Gasteiger partial charge in [-0.2, -0.15) is 13.2 Å². The number of sulfone groups is 1. The third kappa shape index (κ3) is 7.68. The molecule has 0 aliphatic rings. The van der Waals surface area contributed by atoms with Gasteiger partial charge in [0, 0.05) is 19.9 Å². The van der Waals surface area contributed by atoms with Gasteiger partial charge in [-0.25, -0.2) is 13.2 Å². The SMILES string of the molecule is COCC(NC(=O)NCc1ccc(CS(C)(=O)=O)cc1)c1cccc(C(F)(F)F)c1. The first kappa shape index (κ1) is 23.7. The van der Waals surface area contributed by atoms with Crippen LogP contribution in [0.5, 0.6) is 0 Å². The molecule has 10 heteroatoms. The Morgan fingerprint density at radius 1 is 1.10 bits per heavy atom. The molecule has 0 fully saturated rings. The van der Waals surface area contributed by atoms with Gasteiger partial charge in [0.1, 0.15) is 0 Å². The number of carbonyl (C=O) groups excluding carboxylic acids is 1. The van der Waals surface area contributed by atoms with E-state index in [0.717, 1.165) is 24.0 Å². The Balaban J connectivity index is 1.99. The molecule has 0 saturated heterocycles. The molecule has 2 aromatic rings. The van der Waals surface area contributed by atoms with Crippen molar-refractivity contribution in [1.29, 1.82) is 0 Å². The zero-order valence-electron chi connectivity index (χ0n) is 16.5. The van der Waals surface area contributed by atoms with Crippen LogP contribution < -0.4 is 10.6 Å². The normalized spacial score (nSPS) is 13.0. The number of hydrogen-bond donors (Lipinski definition) is 2. The lowest BCUT2D eigenvalue weighted by molar-refractivity contribution is -0.137. The maximum atomic E-state index is 12.9. The minimum atomic E-state index is -4.49. The van der Waals surface area contributed by atoms with Gasteiger partial charge in [0.2, 0.25) is 0 Å². The standard InChI is InChI=1S/C20H23F3N2O4S/c1-29-12-18(16-4-3-5-17(10-16)20(21,22)23)25-19(26)24-11-14-6-8-15(9-7-14)13-30(2,27)28/h3-10,18H,11-13H2,1-2H3,(H2,24,25,26). The fourth-order valence-corrected chi connectivity index (χ4v) is 3.57. The van der Waals surface area contributed by atoms with Gasteiger partial charge in [0.15, 0.2) is 9.84 Å². The Morgan fingerprint density at radius 3 is 2.30 bits per heavy atom. The minimum absolute atomic E-state index is 0.00504. The van der Waals surface area contributed by atoms with Crippen LogP contribution in [0.2, 0.25) is 0 Å². The van der Waals surface area contributed by atoms with Crippen LogP contribution in [0.25, 0.3) is 0 Å². The summed E-state index contributed by atoms with van der Waals surface area (Å²) < 4.78 is 66.5. The second kappa shape index (κ2) is 9.94. The number of methoxy groups -OCH3 is 1. The third-order valence-corrected chi connectivity index (χ3v) is 5.02. The van der Waals surface area contributed by atoms with E-state index in [-0.39, 0.29) is 24.5 Å². The maximum absolute atomic E-state index is 12.9. The fraction of sp³-hybridized carbons (Fsp3) is 0.350. The van der Waals surface area contributed by atoms with Crippen LogP contribution in [-0.2, 0) is 33.0 Å². The fourth-order valence-electron chi connectivity index (χ4n) is 2.77. The van der Waals surface area contributed by atoms with Crippen molar-refractivity contribution < 1.29 is 31.1 Å². The second-order valence-electron chi connectivity index (χ2n) is 6.84. The van der Waals surface area contributed by atoms with Gasteiger partial charge in [0.25, 0.3) is 0 Å². The van der Waals surface area contributed by atoms with Gasteiger partial charge in [0.05, 0.1) is 24.0 Å². The van der Waals surface area contributed by atoms with Crippen LogP contribution in [0.4, 0.5) is 18.0 Å². The van der Waals surface area contributed by atoms with E-state index in [4.69, 9.17) is 4.74 Å². The van der Waals surface area contributed by atoms with E-state index in [0.29, 0.717) is 5.56 Å². The van der Waals surface area contributed by atoms with Gasteiger partial charge in [-0.3, -0.25) is 0 Å². The van der Waals surface area contributed by atoms with Crippen molar-refractivity contribution in [2.45, 2.75) is 24.5 Å². The molecule has 2 aromatic carbocycles. The Bertz CT molecular complexity index is 961. The summed E-state index contributed by atoms with van der Waals surface area (Å²) >= 11 is 0. The Morgan fingerprint density at radius 2 is 1.73 bits per heavy atom. The highest BCUT2D eigenvalue weighted by Crippen LogP contribution is 2.30. The molecule has 0 bridgehead atoms. The molecule has 30 heavy (non-hydrogen) atoms. The number of rotatable bonds is 8. The molecule has 0 aliphatic heterocycles. The van der Waals surface area contributed by atoms with E-state index in [2.05, 4.69) is 10.6 Å². The zero-order chi connectivity index (χ0) is 22.4. The van der Waals surface area contributed by atoms with Crippen LogP contribution in [0.1, 0.15) is 28.3 Å². The molecule has 0 radical (unpaired) electrons. The molecule has 0 heterocycles. The molecule has 1 atom stereocenters. The number of amides is 2. The van der Waals surface area contributed by atoms with E-state index in [9.17, 15) is 26.4 Å². The number of benzene rings is 2. The molecule has 0 saturated carbocycles. The highest BCUT2D eigenvalue weighted by molar-refractivity contribution is 7.89. The number of carbonyl (C=O) groups is 1. The number of ether oxygens (including phenoxy) is 1. The lowest BCUT2D eigenvalue weighted by atomic mass is 10.0. The Labute approximate surface area is 173 Å². The first-order valence-corrected chi connectivity index (χ1v) is 11.0. The topological polar surface area (TPSA) is 84.5 Å². The van der Waals surface area contributed by atoms with Gasteiger partial charge in [-0.05, 0) is 28.8 Å². The van der Waals surface area contributed by atoms with Crippen LogP contribution in [0.3, 0.4) is 0 Å². The number of nitrogens with one attached hydrogen (secondary N) is 2. The molecule has 2 N–H and O–H groups in total. The van der Waals surface area contributed by atoms with Crippen LogP contribution >= 0.6 is 0 Å². The number of hydrogen-bond acceptors (Lipinski definition) is 4. The summed E-state index contributed by atoms with van der Waals surface area (Å²) in [6, 6.07) is 10.1. The minimum Gasteiger partial charge on any atom is -0.382 e. The molecule has 2 amide bonds. The van der Waals surface area contributed by atoms with Gasteiger partial charge in [-0.15, -0.1) is 0 Å². The Hall–Kier alpha value is -2.59. The van der Waals surface area contributed by atoms with Crippen molar-refractivity contribution >= 4 is 15.9 Å². The summed E-state index contributed by atoms with van der Waals surface area (Å²) in [7, 11) is -1.75. The summed E-state index contributed by atoms with van der Waals surface area (Å²) in [6.45, 7) is 0.155. The number of alkyl halides is 3. The molecule has 6 nitrogen and oxygen atoms in total. The van der Waals surface area contributed by atoms with Gasteiger partial charge < -0.3 is 15.4 Å². The highest BCUT2D eigenvalue weighted by Gasteiger charge is 2.31. The van der Waals surface area contributed by atoms with Crippen LogP contribution in [0.15, 0.2) is 48.5 Å². The molecular weight excluding hydrogens is 421 g/mol. The molecule has 2 rings (SSSR count). The van der Waals surface area contributed by atoms with Crippen molar-refractivity contribution in [3.8, 4) is 0 Å². The van der Waals surface area contributed by atoms with E-state index < -0.39 is 33.6 Å². The van der Waals surface area contributed by atoms with E-state index in [1.54, 1.807) is 24.3 Å². The van der Waals surface area contributed by atoms with Crippen LogP contribution in [-0.4, -0.2) is 34.4 Å². The first-order chi connectivity index (χ1) is 14.0. The third-order valence-electron chi connectivity index (χ3n) is 4.16. The average molecular weight is 444 g/mol. The van der Waals surface area contributed by atoms with Crippen molar-refractivity contribution in [1.82, 2.24) is 10.6 Å². The summed E-state index contributed by atoms with van der Waals surface area (Å²) in [5.74, 6) is -0.0725.